The summed E-state index contributed by atoms with van der Waals surface area (Å²) < 4.78 is 1.93. The van der Waals surface area contributed by atoms with Crippen molar-refractivity contribution in [3.05, 3.63) is 95.0 Å². The van der Waals surface area contributed by atoms with Gasteiger partial charge >= 0.3 is 0 Å². The number of nitrogens with zero attached hydrogens (tertiary/aromatic N) is 4. The van der Waals surface area contributed by atoms with Crippen molar-refractivity contribution in [3.8, 4) is 22.6 Å². The van der Waals surface area contributed by atoms with Crippen molar-refractivity contribution in [2.75, 3.05) is 13.6 Å². The number of benzene rings is 2. The number of hydrogen-bond donors (Lipinski definition) is 1. The topological polar surface area (TPSA) is 66.8 Å². The first kappa shape index (κ1) is 18.8. The van der Waals surface area contributed by atoms with Crippen LogP contribution in [0.5, 0.6) is 0 Å². The Morgan fingerprint density at radius 3 is 2.62 bits per heavy atom. The highest BCUT2D eigenvalue weighted by Crippen LogP contribution is 2.20. The molecule has 0 fully saturated rings. The van der Waals surface area contributed by atoms with Gasteiger partial charge in [-0.2, -0.15) is 5.10 Å². The third-order valence-electron chi connectivity index (χ3n) is 4.73. The Hall–Kier alpha value is -3.51. The largest absolute Gasteiger partial charge is 0.306 e. The first-order chi connectivity index (χ1) is 14.2. The number of likely N-dealkylation sites (N-methyl/N-ethyl adjacent to an activating group) is 1. The first-order valence-corrected chi connectivity index (χ1v) is 9.59. The van der Waals surface area contributed by atoms with Gasteiger partial charge in [-0.05, 0) is 24.7 Å². The molecule has 0 saturated heterocycles. The second-order valence-electron chi connectivity index (χ2n) is 7.05. The fourth-order valence-electron chi connectivity index (χ4n) is 3.26. The van der Waals surface area contributed by atoms with Gasteiger partial charge in [0, 0.05) is 42.7 Å². The van der Waals surface area contributed by atoms with Crippen LogP contribution in [0.25, 0.3) is 22.6 Å². The molecule has 4 rings (SSSR count). The number of hydrogen-bond acceptors (Lipinski definition) is 4. The third-order valence-corrected chi connectivity index (χ3v) is 4.73. The molecular weight excluding hydrogens is 362 g/mol. The van der Waals surface area contributed by atoms with E-state index in [1.165, 1.54) is 11.6 Å². The molecule has 0 unspecified atom stereocenters. The molecule has 0 aliphatic carbocycles. The second kappa shape index (κ2) is 8.67. The van der Waals surface area contributed by atoms with Crippen molar-refractivity contribution in [2.45, 2.75) is 13.1 Å². The molecule has 1 N–H and O–H groups in total. The van der Waals surface area contributed by atoms with Crippen molar-refractivity contribution < 1.29 is 0 Å². The standard InChI is InChI=1S/C23H23N5O/c1-27(13-14-28-12-6-11-24-28)17-18-7-5-10-20(15-18)23-25-21(16-22(29)26-23)19-8-3-2-4-9-19/h2-12,15-16H,13-14,17H2,1H3,(H,25,26,29). The SMILES string of the molecule is CN(CCn1cccn1)Cc1cccc(-c2nc(-c3ccccc3)cc(=O)[nH]2)c1. The molecule has 2 aromatic heterocycles. The van der Waals surface area contributed by atoms with Crippen LogP contribution in [0, 0.1) is 0 Å². The van der Waals surface area contributed by atoms with Crippen molar-refractivity contribution in [2.24, 2.45) is 0 Å². The smallest absolute Gasteiger partial charge is 0.251 e. The van der Waals surface area contributed by atoms with Crippen molar-refractivity contribution in [1.29, 1.82) is 0 Å². The Labute approximate surface area is 169 Å². The maximum absolute atomic E-state index is 12.2. The van der Waals surface area contributed by atoms with Gasteiger partial charge in [0.05, 0.1) is 12.2 Å². The highest BCUT2D eigenvalue weighted by molar-refractivity contribution is 5.63. The molecule has 6 nitrogen and oxygen atoms in total. The van der Waals surface area contributed by atoms with Crippen LogP contribution in [0.4, 0.5) is 0 Å². The minimum atomic E-state index is -0.157. The Bertz CT molecular complexity index is 1120. The minimum Gasteiger partial charge on any atom is -0.306 e. The molecule has 0 spiro atoms. The molecule has 146 valence electrons. The van der Waals surface area contributed by atoms with Gasteiger partial charge in [-0.15, -0.1) is 0 Å². The van der Waals surface area contributed by atoms with E-state index < -0.39 is 0 Å². The second-order valence-corrected chi connectivity index (χ2v) is 7.05. The molecular formula is C23H23N5O. The van der Waals surface area contributed by atoms with E-state index in [1.54, 1.807) is 6.20 Å². The summed E-state index contributed by atoms with van der Waals surface area (Å²) in [7, 11) is 2.09. The summed E-state index contributed by atoms with van der Waals surface area (Å²) in [6.07, 6.45) is 3.76. The summed E-state index contributed by atoms with van der Waals surface area (Å²) in [6, 6.07) is 21.4. The lowest BCUT2D eigenvalue weighted by molar-refractivity contribution is 0.305. The van der Waals surface area contributed by atoms with E-state index in [2.05, 4.69) is 39.1 Å². The number of aromatic amines is 1. The Kier molecular flexibility index (Phi) is 5.63. The predicted molar refractivity (Wildman–Crippen MR) is 114 cm³/mol. The summed E-state index contributed by atoms with van der Waals surface area (Å²) in [5.74, 6) is 0.581. The van der Waals surface area contributed by atoms with Crippen LogP contribution in [0.3, 0.4) is 0 Å². The van der Waals surface area contributed by atoms with Crippen LogP contribution in [0.15, 0.2) is 83.9 Å². The highest BCUT2D eigenvalue weighted by Gasteiger charge is 2.08. The van der Waals surface area contributed by atoms with Gasteiger partial charge in [0.2, 0.25) is 0 Å². The average molecular weight is 385 g/mol. The molecule has 0 aliphatic heterocycles. The van der Waals surface area contributed by atoms with Crippen LogP contribution >= 0.6 is 0 Å². The van der Waals surface area contributed by atoms with Crippen LogP contribution < -0.4 is 5.56 Å². The van der Waals surface area contributed by atoms with Gasteiger partial charge in [0.15, 0.2) is 0 Å². The van der Waals surface area contributed by atoms with E-state index in [0.717, 1.165) is 30.8 Å². The van der Waals surface area contributed by atoms with Crippen LogP contribution in [-0.4, -0.2) is 38.2 Å². The molecule has 0 atom stereocenters. The number of rotatable bonds is 7. The molecule has 0 amide bonds. The Balaban J connectivity index is 1.52. The quantitative estimate of drug-likeness (QED) is 0.529. The van der Waals surface area contributed by atoms with E-state index in [1.807, 2.05) is 59.4 Å². The fraction of sp³-hybridized carbons (Fsp3) is 0.174. The molecule has 0 radical (unpaired) electrons. The van der Waals surface area contributed by atoms with Crippen molar-refractivity contribution >= 4 is 0 Å². The van der Waals surface area contributed by atoms with E-state index in [0.29, 0.717) is 11.5 Å². The monoisotopic (exact) mass is 385 g/mol. The molecule has 4 aromatic rings. The summed E-state index contributed by atoms with van der Waals surface area (Å²) in [5.41, 5.74) is 3.51. The van der Waals surface area contributed by atoms with Crippen LogP contribution in [-0.2, 0) is 13.1 Å². The van der Waals surface area contributed by atoms with Crippen molar-refractivity contribution in [1.82, 2.24) is 24.6 Å². The van der Waals surface area contributed by atoms with Crippen LogP contribution in [0.2, 0.25) is 0 Å². The zero-order chi connectivity index (χ0) is 20.1. The lowest BCUT2D eigenvalue weighted by atomic mass is 10.1. The molecule has 0 aliphatic rings. The summed E-state index contributed by atoms with van der Waals surface area (Å²) in [6.45, 7) is 2.54. The number of aromatic nitrogens is 4. The van der Waals surface area contributed by atoms with E-state index in [4.69, 9.17) is 0 Å². The third kappa shape index (κ3) is 4.86. The van der Waals surface area contributed by atoms with Gasteiger partial charge in [0.25, 0.3) is 5.56 Å². The number of H-pyrrole nitrogens is 1. The normalized spacial score (nSPS) is 11.1. The van der Waals surface area contributed by atoms with Gasteiger partial charge in [-0.1, -0.05) is 48.5 Å². The summed E-state index contributed by atoms with van der Waals surface area (Å²) in [5, 5.41) is 4.24. The number of nitrogens with one attached hydrogen (secondary N) is 1. The highest BCUT2D eigenvalue weighted by atomic mass is 16.1. The minimum absolute atomic E-state index is 0.157. The van der Waals surface area contributed by atoms with Crippen LogP contribution in [0.1, 0.15) is 5.56 Å². The Morgan fingerprint density at radius 1 is 1.00 bits per heavy atom. The zero-order valence-electron chi connectivity index (χ0n) is 16.3. The maximum atomic E-state index is 12.2. The van der Waals surface area contributed by atoms with E-state index >= 15 is 0 Å². The molecule has 2 heterocycles. The van der Waals surface area contributed by atoms with Crippen molar-refractivity contribution in [3.63, 3.8) is 0 Å². The fourth-order valence-corrected chi connectivity index (χ4v) is 3.26. The summed E-state index contributed by atoms with van der Waals surface area (Å²) >= 11 is 0. The van der Waals surface area contributed by atoms with Gasteiger partial charge < -0.3 is 9.88 Å². The van der Waals surface area contributed by atoms with Gasteiger partial charge in [-0.3, -0.25) is 9.48 Å². The maximum Gasteiger partial charge on any atom is 0.251 e. The molecule has 29 heavy (non-hydrogen) atoms. The molecule has 0 saturated carbocycles. The lowest BCUT2D eigenvalue weighted by Gasteiger charge is -2.17. The predicted octanol–water partition coefficient (Wildman–Crippen LogP) is 3.43. The molecule has 0 bridgehead atoms. The average Bonchev–Trinajstić information content (AvgIpc) is 3.26. The van der Waals surface area contributed by atoms with Gasteiger partial charge in [0.1, 0.15) is 5.82 Å². The van der Waals surface area contributed by atoms with Gasteiger partial charge in [-0.25, -0.2) is 4.98 Å². The van der Waals surface area contributed by atoms with E-state index in [-0.39, 0.29) is 5.56 Å². The molecule has 6 heteroatoms. The first-order valence-electron chi connectivity index (χ1n) is 9.59. The van der Waals surface area contributed by atoms with E-state index in [9.17, 15) is 4.79 Å². The molecule has 2 aromatic carbocycles. The zero-order valence-corrected chi connectivity index (χ0v) is 16.3. The Morgan fingerprint density at radius 2 is 1.83 bits per heavy atom. The lowest BCUT2D eigenvalue weighted by Crippen LogP contribution is -2.23. The summed E-state index contributed by atoms with van der Waals surface area (Å²) in [4.78, 5) is 22.0.